The third-order valence-corrected chi connectivity index (χ3v) is 5.27. The van der Waals surface area contributed by atoms with E-state index in [9.17, 15) is 8.42 Å². The van der Waals surface area contributed by atoms with Gasteiger partial charge in [-0.25, -0.2) is 18.1 Å². The van der Waals surface area contributed by atoms with E-state index in [2.05, 4.69) is 9.71 Å². The van der Waals surface area contributed by atoms with Crippen LogP contribution in [0.15, 0.2) is 53.4 Å². The lowest BCUT2D eigenvalue weighted by atomic mass is 10.3. The van der Waals surface area contributed by atoms with Gasteiger partial charge in [0.15, 0.2) is 0 Å². The molecule has 0 aliphatic carbocycles. The SMILES string of the molecule is Cc1nc2ccccc2n1CCNS(=O)(=O)c1cccc(Cl)c1. The fourth-order valence-corrected chi connectivity index (χ4v) is 3.81. The fourth-order valence-electron chi connectivity index (χ4n) is 2.49. The summed E-state index contributed by atoms with van der Waals surface area (Å²) in [6.07, 6.45) is 0. The van der Waals surface area contributed by atoms with Crippen molar-refractivity contribution in [2.24, 2.45) is 0 Å². The van der Waals surface area contributed by atoms with Gasteiger partial charge in [0.05, 0.1) is 15.9 Å². The van der Waals surface area contributed by atoms with E-state index in [4.69, 9.17) is 11.6 Å². The molecular formula is C16H16ClN3O2S. The van der Waals surface area contributed by atoms with Crippen molar-refractivity contribution in [1.29, 1.82) is 0 Å². The van der Waals surface area contributed by atoms with Gasteiger partial charge in [0.2, 0.25) is 10.0 Å². The summed E-state index contributed by atoms with van der Waals surface area (Å²) in [6, 6.07) is 14.0. The molecule has 0 saturated heterocycles. The first-order valence-corrected chi connectivity index (χ1v) is 9.00. The highest BCUT2D eigenvalue weighted by Crippen LogP contribution is 2.16. The van der Waals surface area contributed by atoms with Gasteiger partial charge >= 0.3 is 0 Å². The third kappa shape index (κ3) is 3.39. The molecule has 1 aromatic heterocycles. The number of hydrogen-bond acceptors (Lipinski definition) is 3. The van der Waals surface area contributed by atoms with E-state index in [1.54, 1.807) is 12.1 Å². The molecule has 120 valence electrons. The van der Waals surface area contributed by atoms with Crippen LogP contribution in [0, 0.1) is 6.92 Å². The van der Waals surface area contributed by atoms with Crippen molar-refractivity contribution in [2.45, 2.75) is 18.4 Å². The zero-order valence-corrected chi connectivity index (χ0v) is 14.1. The first-order valence-electron chi connectivity index (χ1n) is 7.14. The first kappa shape index (κ1) is 16.0. The van der Waals surface area contributed by atoms with Crippen LogP contribution in [-0.2, 0) is 16.6 Å². The van der Waals surface area contributed by atoms with Crippen LogP contribution in [0.3, 0.4) is 0 Å². The van der Waals surface area contributed by atoms with Crippen molar-refractivity contribution in [3.8, 4) is 0 Å². The Kier molecular flexibility index (Phi) is 4.39. The van der Waals surface area contributed by atoms with Gasteiger partial charge in [-0.15, -0.1) is 0 Å². The molecule has 3 rings (SSSR count). The molecule has 3 aromatic rings. The molecule has 0 radical (unpaired) electrons. The highest BCUT2D eigenvalue weighted by Gasteiger charge is 2.14. The summed E-state index contributed by atoms with van der Waals surface area (Å²) in [4.78, 5) is 4.63. The average Bonchev–Trinajstić information content (AvgIpc) is 2.83. The van der Waals surface area contributed by atoms with Crippen molar-refractivity contribution in [1.82, 2.24) is 14.3 Å². The fraction of sp³-hybridized carbons (Fsp3) is 0.188. The Morgan fingerprint density at radius 1 is 1.17 bits per heavy atom. The van der Waals surface area contributed by atoms with Crippen LogP contribution in [0.1, 0.15) is 5.82 Å². The minimum absolute atomic E-state index is 0.164. The maximum atomic E-state index is 12.3. The molecule has 0 amide bonds. The van der Waals surface area contributed by atoms with Crippen LogP contribution in [0.25, 0.3) is 11.0 Å². The molecule has 0 fully saturated rings. The molecule has 0 aliphatic heterocycles. The topological polar surface area (TPSA) is 64.0 Å². The van der Waals surface area contributed by atoms with Crippen LogP contribution in [0.2, 0.25) is 5.02 Å². The summed E-state index contributed by atoms with van der Waals surface area (Å²) in [7, 11) is -3.57. The summed E-state index contributed by atoms with van der Waals surface area (Å²) >= 11 is 5.85. The van der Waals surface area contributed by atoms with Crippen molar-refractivity contribution in [3.63, 3.8) is 0 Å². The number of nitrogens with one attached hydrogen (secondary N) is 1. The van der Waals surface area contributed by atoms with E-state index >= 15 is 0 Å². The average molecular weight is 350 g/mol. The van der Waals surface area contributed by atoms with E-state index in [0.717, 1.165) is 16.9 Å². The van der Waals surface area contributed by atoms with Gasteiger partial charge in [-0.2, -0.15) is 0 Å². The van der Waals surface area contributed by atoms with Gasteiger partial charge in [-0.1, -0.05) is 29.8 Å². The van der Waals surface area contributed by atoms with Crippen LogP contribution < -0.4 is 4.72 Å². The summed E-state index contributed by atoms with van der Waals surface area (Å²) in [5.74, 6) is 0.855. The molecule has 0 spiro atoms. The van der Waals surface area contributed by atoms with Gasteiger partial charge in [0, 0.05) is 18.1 Å². The van der Waals surface area contributed by atoms with E-state index in [1.807, 2.05) is 35.8 Å². The molecule has 0 bridgehead atoms. The lowest BCUT2D eigenvalue weighted by Crippen LogP contribution is -2.27. The van der Waals surface area contributed by atoms with Gasteiger partial charge in [0.1, 0.15) is 5.82 Å². The highest BCUT2D eigenvalue weighted by atomic mass is 35.5. The van der Waals surface area contributed by atoms with Crippen LogP contribution in [0.5, 0.6) is 0 Å². The Labute approximate surface area is 140 Å². The number of aromatic nitrogens is 2. The molecule has 5 nitrogen and oxygen atoms in total. The number of aryl methyl sites for hydroxylation is 1. The number of para-hydroxylation sites is 2. The number of benzene rings is 2. The number of halogens is 1. The minimum atomic E-state index is -3.57. The van der Waals surface area contributed by atoms with Gasteiger partial charge in [-0.3, -0.25) is 0 Å². The second kappa shape index (κ2) is 6.31. The first-order chi connectivity index (χ1) is 11.0. The van der Waals surface area contributed by atoms with Gasteiger partial charge in [-0.05, 0) is 37.3 Å². The summed E-state index contributed by atoms with van der Waals surface area (Å²) < 4.78 is 29.1. The lowest BCUT2D eigenvalue weighted by molar-refractivity contribution is 0.573. The highest BCUT2D eigenvalue weighted by molar-refractivity contribution is 7.89. The summed E-state index contributed by atoms with van der Waals surface area (Å²) in [6.45, 7) is 2.69. The predicted octanol–water partition coefficient (Wildman–Crippen LogP) is 2.98. The number of hydrogen-bond donors (Lipinski definition) is 1. The summed E-state index contributed by atoms with van der Waals surface area (Å²) in [5, 5.41) is 0.393. The molecule has 0 unspecified atom stereocenters. The van der Waals surface area contributed by atoms with Crippen molar-refractivity contribution in [2.75, 3.05) is 6.54 Å². The van der Waals surface area contributed by atoms with Crippen molar-refractivity contribution < 1.29 is 8.42 Å². The molecule has 0 saturated carbocycles. The Bertz CT molecular complexity index is 951. The number of nitrogens with zero attached hydrogens (tertiary/aromatic N) is 2. The molecule has 1 heterocycles. The van der Waals surface area contributed by atoms with Gasteiger partial charge < -0.3 is 4.57 Å². The Hall–Kier alpha value is -1.89. The van der Waals surface area contributed by atoms with E-state index in [-0.39, 0.29) is 11.4 Å². The maximum Gasteiger partial charge on any atom is 0.240 e. The maximum absolute atomic E-state index is 12.3. The zero-order chi connectivity index (χ0) is 16.4. The Morgan fingerprint density at radius 2 is 1.96 bits per heavy atom. The molecule has 1 N–H and O–H groups in total. The predicted molar refractivity (Wildman–Crippen MR) is 91.1 cm³/mol. The van der Waals surface area contributed by atoms with Crippen LogP contribution in [0.4, 0.5) is 0 Å². The standard InChI is InChI=1S/C16H16ClN3O2S/c1-12-19-15-7-2-3-8-16(15)20(12)10-9-18-23(21,22)14-6-4-5-13(17)11-14/h2-8,11,18H,9-10H2,1H3. The Balaban J connectivity index is 1.75. The largest absolute Gasteiger partial charge is 0.327 e. The van der Waals surface area contributed by atoms with Crippen LogP contribution in [-0.4, -0.2) is 24.5 Å². The molecule has 23 heavy (non-hydrogen) atoms. The van der Waals surface area contributed by atoms with E-state index < -0.39 is 10.0 Å². The van der Waals surface area contributed by atoms with E-state index in [0.29, 0.717) is 11.6 Å². The number of fused-ring (bicyclic) bond motifs is 1. The smallest absolute Gasteiger partial charge is 0.240 e. The zero-order valence-electron chi connectivity index (χ0n) is 12.5. The summed E-state index contributed by atoms with van der Waals surface area (Å²) in [5.41, 5.74) is 1.90. The molecule has 7 heteroatoms. The molecule has 2 aromatic carbocycles. The van der Waals surface area contributed by atoms with Crippen LogP contribution >= 0.6 is 11.6 Å². The molecular weight excluding hydrogens is 334 g/mol. The quantitative estimate of drug-likeness (QED) is 0.770. The van der Waals surface area contributed by atoms with Crippen molar-refractivity contribution >= 4 is 32.7 Å². The normalized spacial score (nSPS) is 11.9. The second-order valence-electron chi connectivity index (χ2n) is 5.15. The Morgan fingerprint density at radius 3 is 2.74 bits per heavy atom. The van der Waals surface area contributed by atoms with E-state index in [1.165, 1.54) is 12.1 Å². The molecule has 0 atom stereocenters. The molecule has 0 aliphatic rings. The van der Waals surface area contributed by atoms with Gasteiger partial charge in [0.25, 0.3) is 0 Å². The third-order valence-electron chi connectivity index (χ3n) is 3.58. The number of imidazole rings is 1. The van der Waals surface area contributed by atoms with Crippen molar-refractivity contribution in [3.05, 3.63) is 59.4 Å². The monoisotopic (exact) mass is 349 g/mol. The lowest BCUT2D eigenvalue weighted by Gasteiger charge is -2.09. The second-order valence-corrected chi connectivity index (χ2v) is 7.36. The minimum Gasteiger partial charge on any atom is -0.327 e. The number of sulfonamides is 1. The number of rotatable bonds is 5.